The predicted octanol–water partition coefficient (Wildman–Crippen LogP) is 1.49. The average molecular weight is 399 g/mol. The first-order valence-corrected chi connectivity index (χ1v) is 9.53. The Kier molecular flexibility index (Phi) is 9.40. The Balaban J connectivity index is 1.77. The predicted molar refractivity (Wildman–Crippen MR) is 102 cm³/mol. The number of nitrogens with zero attached hydrogens (tertiary/aromatic N) is 1. The monoisotopic (exact) mass is 399 g/mol. The second-order valence-corrected chi connectivity index (χ2v) is 6.54. The molecule has 9 heteroatoms. The Morgan fingerprint density at radius 3 is 2.56 bits per heavy atom. The van der Waals surface area contributed by atoms with Gasteiger partial charge in [0.1, 0.15) is 23.1 Å². The van der Waals surface area contributed by atoms with Crippen molar-refractivity contribution in [2.75, 3.05) is 59.6 Å². The van der Waals surface area contributed by atoms with E-state index in [0.29, 0.717) is 61.8 Å². The van der Waals surface area contributed by atoms with Crippen LogP contribution in [0.3, 0.4) is 0 Å². The van der Waals surface area contributed by atoms with Crippen molar-refractivity contribution in [1.29, 1.82) is 0 Å². The zero-order chi connectivity index (χ0) is 19.5. The number of phenols is 1. The fourth-order valence-corrected chi connectivity index (χ4v) is 3.28. The molecule has 0 spiro atoms. The zero-order valence-corrected chi connectivity index (χ0v) is 16.3. The number of phenolic OH excluding ortho intramolecular Hbond substituents is 1. The largest absolute Gasteiger partial charge is 0.507 e. The molecule has 1 atom stereocenters. The summed E-state index contributed by atoms with van der Waals surface area (Å²) in [5.74, 6) is 0.788. The van der Waals surface area contributed by atoms with Gasteiger partial charge in [-0.25, -0.2) is 4.79 Å². The van der Waals surface area contributed by atoms with Gasteiger partial charge in [-0.1, -0.05) is 0 Å². The third kappa shape index (κ3) is 7.02. The van der Waals surface area contributed by atoms with E-state index in [-0.39, 0.29) is 11.7 Å². The fourth-order valence-electron chi connectivity index (χ4n) is 2.24. The molecular weight excluding hydrogens is 374 g/mol. The molecule has 1 aliphatic rings. The lowest BCUT2D eigenvalue weighted by molar-refractivity contribution is -0.141. The van der Waals surface area contributed by atoms with E-state index in [1.807, 2.05) is 0 Å². The molecule has 0 radical (unpaired) electrons. The summed E-state index contributed by atoms with van der Waals surface area (Å²) < 4.78 is 26.0. The summed E-state index contributed by atoms with van der Waals surface area (Å²) in [7, 11) is 2.96. The van der Waals surface area contributed by atoms with Crippen LogP contribution in [0.2, 0.25) is 0 Å². The molecule has 0 unspecified atom stereocenters. The number of carbonyl (C=O) groups is 1. The smallest absolute Gasteiger partial charge is 0.331 e. The molecule has 8 nitrogen and oxygen atoms in total. The van der Waals surface area contributed by atoms with E-state index in [1.165, 1.54) is 18.9 Å². The number of rotatable bonds is 12. The zero-order valence-electron chi connectivity index (χ0n) is 15.5. The van der Waals surface area contributed by atoms with Gasteiger partial charge in [0, 0.05) is 12.9 Å². The normalized spacial score (nSPS) is 16.2. The summed E-state index contributed by atoms with van der Waals surface area (Å²) in [5.41, 5.74) is 0.538. The summed E-state index contributed by atoms with van der Waals surface area (Å²) in [5, 5.41) is 10.7. The lowest BCUT2D eigenvalue weighted by atomic mass is 10.2. The van der Waals surface area contributed by atoms with Crippen molar-refractivity contribution in [2.45, 2.75) is 6.04 Å². The number of benzene rings is 1. The summed E-state index contributed by atoms with van der Waals surface area (Å²) in [6.45, 7) is 2.89. The number of esters is 1. The second-order valence-electron chi connectivity index (χ2n) is 5.53. The Morgan fingerprint density at radius 1 is 1.15 bits per heavy atom. The van der Waals surface area contributed by atoms with Gasteiger partial charge in [0.25, 0.3) is 0 Å². The van der Waals surface area contributed by atoms with Crippen molar-refractivity contribution in [3.8, 4) is 11.5 Å². The van der Waals surface area contributed by atoms with Gasteiger partial charge in [-0.3, -0.25) is 4.99 Å². The van der Waals surface area contributed by atoms with Crippen molar-refractivity contribution in [3.05, 3.63) is 23.8 Å². The molecule has 1 N–H and O–H groups in total. The summed E-state index contributed by atoms with van der Waals surface area (Å²) >= 11 is 1.40. The van der Waals surface area contributed by atoms with Crippen molar-refractivity contribution in [1.82, 2.24) is 0 Å². The van der Waals surface area contributed by atoms with Crippen LogP contribution in [0.15, 0.2) is 23.2 Å². The van der Waals surface area contributed by atoms with Gasteiger partial charge in [0.2, 0.25) is 0 Å². The van der Waals surface area contributed by atoms with Crippen LogP contribution >= 0.6 is 11.8 Å². The number of carbonyl (C=O) groups excluding carboxylic acids is 1. The SMILES string of the molecule is COCCOCCOCCOc1ccc(O)c(C2=N[C@@H](C(=O)OC)CS2)c1. The van der Waals surface area contributed by atoms with Crippen molar-refractivity contribution >= 4 is 22.8 Å². The first-order chi connectivity index (χ1) is 13.2. The highest BCUT2D eigenvalue weighted by atomic mass is 32.2. The van der Waals surface area contributed by atoms with Crippen molar-refractivity contribution in [3.63, 3.8) is 0 Å². The van der Waals surface area contributed by atoms with E-state index in [1.54, 1.807) is 25.3 Å². The molecule has 0 aliphatic carbocycles. The molecular formula is C18H25NO7S. The summed E-state index contributed by atoms with van der Waals surface area (Å²) in [4.78, 5) is 15.9. The lowest BCUT2D eigenvalue weighted by Crippen LogP contribution is -2.19. The van der Waals surface area contributed by atoms with Crippen LogP contribution in [0, 0.1) is 0 Å². The number of methoxy groups -OCH3 is 2. The molecule has 150 valence electrons. The van der Waals surface area contributed by atoms with Gasteiger partial charge in [-0.05, 0) is 18.2 Å². The van der Waals surface area contributed by atoms with Crippen molar-refractivity contribution < 1.29 is 33.6 Å². The minimum atomic E-state index is -0.543. The molecule has 0 fully saturated rings. The maximum absolute atomic E-state index is 11.6. The van der Waals surface area contributed by atoms with Crippen LogP contribution in [0.4, 0.5) is 0 Å². The number of thioether (sulfide) groups is 1. The van der Waals surface area contributed by atoms with Crippen LogP contribution < -0.4 is 4.74 Å². The van der Waals surface area contributed by atoms with Crippen LogP contribution in [-0.4, -0.2) is 81.8 Å². The average Bonchev–Trinajstić information content (AvgIpc) is 3.17. The fraction of sp³-hybridized carbons (Fsp3) is 0.556. The molecule has 1 heterocycles. The Morgan fingerprint density at radius 2 is 1.85 bits per heavy atom. The molecule has 1 aromatic rings. The van der Waals surface area contributed by atoms with E-state index in [0.717, 1.165) is 0 Å². The van der Waals surface area contributed by atoms with E-state index in [2.05, 4.69) is 4.99 Å². The maximum Gasteiger partial charge on any atom is 0.331 e. The number of hydrogen-bond donors (Lipinski definition) is 1. The molecule has 2 rings (SSSR count). The maximum atomic E-state index is 11.6. The van der Waals surface area contributed by atoms with E-state index < -0.39 is 6.04 Å². The van der Waals surface area contributed by atoms with E-state index in [4.69, 9.17) is 23.7 Å². The Labute approximate surface area is 162 Å². The Hall–Kier alpha value is -1.81. The molecule has 0 saturated carbocycles. The van der Waals surface area contributed by atoms with Crippen LogP contribution in [0.5, 0.6) is 11.5 Å². The third-order valence-corrected chi connectivity index (χ3v) is 4.70. The first kappa shape index (κ1) is 21.5. The quantitative estimate of drug-likeness (QED) is 0.417. The topological polar surface area (TPSA) is 95.8 Å². The van der Waals surface area contributed by atoms with Gasteiger partial charge in [0.05, 0.1) is 45.7 Å². The van der Waals surface area contributed by atoms with Gasteiger partial charge in [-0.15, -0.1) is 11.8 Å². The van der Waals surface area contributed by atoms with Gasteiger partial charge in [-0.2, -0.15) is 0 Å². The molecule has 0 saturated heterocycles. The van der Waals surface area contributed by atoms with Crippen LogP contribution in [0.1, 0.15) is 5.56 Å². The third-order valence-electron chi connectivity index (χ3n) is 3.62. The first-order valence-electron chi connectivity index (χ1n) is 8.54. The minimum Gasteiger partial charge on any atom is -0.507 e. The highest BCUT2D eigenvalue weighted by molar-refractivity contribution is 8.14. The van der Waals surface area contributed by atoms with Crippen molar-refractivity contribution in [2.24, 2.45) is 4.99 Å². The number of ether oxygens (including phenoxy) is 5. The van der Waals surface area contributed by atoms with Gasteiger partial charge < -0.3 is 28.8 Å². The lowest BCUT2D eigenvalue weighted by Gasteiger charge is -2.10. The molecule has 1 aromatic carbocycles. The molecule has 27 heavy (non-hydrogen) atoms. The molecule has 0 amide bonds. The van der Waals surface area contributed by atoms with Crippen LogP contribution in [-0.2, 0) is 23.7 Å². The van der Waals surface area contributed by atoms with E-state index in [9.17, 15) is 9.90 Å². The second kappa shape index (κ2) is 11.8. The summed E-state index contributed by atoms with van der Waals surface area (Å²) in [6, 6.07) is 4.38. The molecule has 0 bridgehead atoms. The van der Waals surface area contributed by atoms with Gasteiger partial charge in [0.15, 0.2) is 6.04 Å². The molecule has 0 aromatic heterocycles. The standard InChI is InChI=1S/C18H25NO7S/c1-22-5-6-24-7-8-25-9-10-26-13-3-4-16(20)14(11-13)17-19-15(12-27-17)18(21)23-2/h3-4,11,15,20H,5-10,12H2,1-2H3/t15-/m1/s1. The Bertz CT molecular complexity index is 638. The van der Waals surface area contributed by atoms with Crippen LogP contribution in [0.25, 0.3) is 0 Å². The minimum absolute atomic E-state index is 0.0866. The van der Waals surface area contributed by atoms with Gasteiger partial charge >= 0.3 is 5.97 Å². The summed E-state index contributed by atoms with van der Waals surface area (Å²) in [6.07, 6.45) is 0. The number of aliphatic imine (C=N–C) groups is 1. The molecule has 1 aliphatic heterocycles. The number of hydrogen-bond acceptors (Lipinski definition) is 9. The number of aromatic hydroxyl groups is 1. The highest BCUT2D eigenvalue weighted by Gasteiger charge is 2.27. The van der Waals surface area contributed by atoms with E-state index >= 15 is 0 Å². The highest BCUT2D eigenvalue weighted by Crippen LogP contribution is 2.31.